The Morgan fingerprint density at radius 1 is 1.26 bits per heavy atom. The van der Waals surface area contributed by atoms with Gasteiger partial charge in [0.1, 0.15) is 11.7 Å². The first-order valence-electron chi connectivity index (χ1n) is 7.49. The van der Waals surface area contributed by atoms with Crippen LogP contribution in [0.4, 0.5) is 0 Å². The molecule has 23 heavy (non-hydrogen) atoms. The lowest BCUT2D eigenvalue weighted by Gasteiger charge is -2.30. The monoisotopic (exact) mass is 319 g/mol. The number of rotatable bonds is 2. The van der Waals surface area contributed by atoms with E-state index in [0.29, 0.717) is 11.1 Å². The molecule has 0 aromatic heterocycles. The molecule has 1 fully saturated rings. The standard InChI is InChI=1S/C17H21NO5/c1-17(2,3)12-8-10(4-5-14(12)20)15(21)18-7-6-13(19)11(9-18)16(22)23/h4-5,8,11,20H,6-7,9H2,1-3H3,(H,22,23). The summed E-state index contributed by atoms with van der Waals surface area (Å²) in [5, 5.41) is 19.0. The maximum atomic E-state index is 12.6. The van der Waals surface area contributed by atoms with Gasteiger partial charge in [-0.2, -0.15) is 0 Å². The summed E-state index contributed by atoms with van der Waals surface area (Å²) < 4.78 is 0. The first-order valence-corrected chi connectivity index (χ1v) is 7.49. The maximum Gasteiger partial charge on any atom is 0.315 e. The molecule has 0 radical (unpaired) electrons. The molecule has 0 spiro atoms. The van der Waals surface area contributed by atoms with Crippen LogP contribution in [0, 0.1) is 5.92 Å². The molecule has 0 aliphatic carbocycles. The van der Waals surface area contributed by atoms with Gasteiger partial charge in [0.25, 0.3) is 5.91 Å². The van der Waals surface area contributed by atoms with E-state index in [4.69, 9.17) is 5.11 Å². The number of phenols is 1. The first kappa shape index (κ1) is 17.0. The van der Waals surface area contributed by atoms with Crippen LogP contribution in [-0.4, -0.2) is 45.9 Å². The van der Waals surface area contributed by atoms with Crippen molar-refractivity contribution >= 4 is 17.7 Å². The Morgan fingerprint density at radius 2 is 1.91 bits per heavy atom. The fourth-order valence-corrected chi connectivity index (χ4v) is 2.69. The minimum Gasteiger partial charge on any atom is -0.508 e. The number of carboxylic acids is 1. The van der Waals surface area contributed by atoms with E-state index in [9.17, 15) is 19.5 Å². The zero-order chi connectivity index (χ0) is 17.4. The molecule has 1 aliphatic rings. The van der Waals surface area contributed by atoms with Crippen molar-refractivity contribution in [2.45, 2.75) is 32.6 Å². The fraction of sp³-hybridized carbons (Fsp3) is 0.471. The van der Waals surface area contributed by atoms with Gasteiger partial charge in [0, 0.05) is 30.6 Å². The highest BCUT2D eigenvalue weighted by atomic mass is 16.4. The number of carbonyl (C=O) groups excluding carboxylic acids is 2. The Balaban J connectivity index is 2.27. The Labute approximate surface area is 134 Å². The van der Waals surface area contributed by atoms with Gasteiger partial charge in [0.05, 0.1) is 0 Å². The molecule has 1 atom stereocenters. The highest BCUT2D eigenvalue weighted by Crippen LogP contribution is 2.31. The van der Waals surface area contributed by atoms with E-state index in [-0.39, 0.29) is 42.4 Å². The highest BCUT2D eigenvalue weighted by Gasteiger charge is 2.35. The summed E-state index contributed by atoms with van der Waals surface area (Å²) in [6.45, 7) is 5.88. The Hall–Kier alpha value is -2.37. The summed E-state index contributed by atoms with van der Waals surface area (Å²) in [6, 6.07) is 4.61. The third-order valence-corrected chi connectivity index (χ3v) is 4.06. The van der Waals surface area contributed by atoms with E-state index < -0.39 is 11.9 Å². The summed E-state index contributed by atoms with van der Waals surface area (Å²) in [4.78, 5) is 36.7. The van der Waals surface area contributed by atoms with Crippen LogP contribution in [0.3, 0.4) is 0 Å². The molecule has 1 unspecified atom stereocenters. The fourth-order valence-electron chi connectivity index (χ4n) is 2.69. The third-order valence-electron chi connectivity index (χ3n) is 4.06. The zero-order valence-electron chi connectivity index (χ0n) is 13.5. The molecular formula is C17H21NO5. The second-order valence-corrected chi connectivity index (χ2v) is 6.84. The number of aliphatic carboxylic acids is 1. The molecule has 1 aromatic rings. The average molecular weight is 319 g/mol. The van der Waals surface area contributed by atoms with Gasteiger partial charge in [-0.15, -0.1) is 0 Å². The smallest absolute Gasteiger partial charge is 0.315 e. The number of benzene rings is 1. The van der Waals surface area contributed by atoms with Gasteiger partial charge in [-0.1, -0.05) is 20.8 Å². The van der Waals surface area contributed by atoms with Crippen molar-refractivity contribution in [2.75, 3.05) is 13.1 Å². The van der Waals surface area contributed by atoms with Crippen LogP contribution in [0.5, 0.6) is 5.75 Å². The largest absolute Gasteiger partial charge is 0.508 e. The molecular weight excluding hydrogens is 298 g/mol. The van der Waals surface area contributed by atoms with E-state index >= 15 is 0 Å². The topological polar surface area (TPSA) is 94.9 Å². The number of piperidine rings is 1. The molecule has 1 saturated heterocycles. The quantitative estimate of drug-likeness (QED) is 0.811. The minimum atomic E-state index is -1.20. The Kier molecular flexibility index (Phi) is 4.45. The molecule has 0 saturated carbocycles. The van der Waals surface area contributed by atoms with Crippen LogP contribution >= 0.6 is 0 Å². The van der Waals surface area contributed by atoms with Crippen molar-refractivity contribution in [3.8, 4) is 5.75 Å². The van der Waals surface area contributed by atoms with Crippen molar-refractivity contribution < 1.29 is 24.6 Å². The predicted molar refractivity (Wildman–Crippen MR) is 83.5 cm³/mol. The van der Waals surface area contributed by atoms with E-state index in [1.807, 2.05) is 20.8 Å². The average Bonchev–Trinajstić information content (AvgIpc) is 2.46. The van der Waals surface area contributed by atoms with Crippen LogP contribution in [0.15, 0.2) is 18.2 Å². The molecule has 1 amide bonds. The van der Waals surface area contributed by atoms with E-state index in [0.717, 1.165) is 0 Å². The SMILES string of the molecule is CC(C)(C)c1cc(C(=O)N2CCC(=O)C(C(=O)O)C2)ccc1O. The molecule has 1 aliphatic heterocycles. The minimum absolute atomic E-state index is 0.0485. The van der Waals surface area contributed by atoms with Crippen LogP contribution in [0.25, 0.3) is 0 Å². The molecule has 1 aromatic carbocycles. The van der Waals surface area contributed by atoms with E-state index in [1.165, 1.54) is 17.0 Å². The van der Waals surface area contributed by atoms with E-state index in [2.05, 4.69) is 0 Å². The summed E-state index contributed by atoms with van der Waals surface area (Å²) in [7, 11) is 0. The maximum absolute atomic E-state index is 12.6. The zero-order valence-corrected chi connectivity index (χ0v) is 13.5. The van der Waals surface area contributed by atoms with Crippen molar-refractivity contribution in [2.24, 2.45) is 5.92 Å². The summed E-state index contributed by atoms with van der Waals surface area (Å²) in [5.74, 6) is -2.91. The van der Waals surface area contributed by atoms with Gasteiger partial charge >= 0.3 is 5.97 Å². The molecule has 6 heteroatoms. The highest BCUT2D eigenvalue weighted by molar-refractivity contribution is 6.01. The van der Waals surface area contributed by atoms with Crippen LogP contribution in [0.1, 0.15) is 43.1 Å². The molecule has 2 N–H and O–H groups in total. The number of hydrogen-bond acceptors (Lipinski definition) is 4. The number of hydrogen-bond donors (Lipinski definition) is 2. The number of phenolic OH excluding ortho intramolecular Hbond substituents is 1. The normalized spacial score (nSPS) is 18.8. The lowest BCUT2D eigenvalue weighted by molar-refractivity contribution is -0.148. The van der Waals surface area contributed by atoms with Gasteiger partial charge < -0.3 is 15.1 Å². The predicted octanol–water partition coefficient (Wildman–Crippen LogP) is 1.81. The lowest BCUT2D eigenvalue weighted by atomic mass is 9.85. The Morgan fingerprint density at radius 3 is 2.48 bits per heavy atom. The molecule has 2 rings (SSSR count). The molecule has 0 bridgehead atoms. The van der Waals surface area contributed by atoms with Gasteiger partial charge in [0.2, 0.25) is 0 Å². The third kappa shape index (κ3) is 3.52. The molecule has 6 nitrogen and oxygen atoms in total. The van der Waals surface area contributed by atoms with Gasteiger partial charge in [-0.3, -0.25) is 14.4 Å². The van der Waals surface area contributed by atoms with Crippen molar-refractivity contribution in [3.63, 3.8) is 0 Å². The van der Waals surface area contributed by atoms with Crippen molar-refractivity contribution in [3.05, 3.63) is 29.3 Å². The van der Waals surface area contributed by atoms with Gasteiger partial charge in [-0.25, -0.2) is 0 Å². The number of ketones is 1. The number of carboxylic acid groups (broad SMARTS) is 1. The lowest BCUT2D eigenvalue weighted by Crippen LogP contribution is -2.46. The number of aromatic hydroxyl groups is 1. The number of nitrogens with zero attached hydrogens (tertiary/aromatic N) is 1. The van der Waals surface area contributed by atoms with Gasteiger partial charge in [-0.05, 0) is 23.6 Å². The summed E-state index contributed by atoms with van der Waals surface area (Å²) >= 11 is 0. The van der Waals surface area contributed by atoms with Crippen LogP contribution < -0.4 is 0 Å². The molecule has 1 heterocycles. The van der Waals surface area contributed by atoms with Crippen LogP contribution in [-0.2, 0) is 15.0 Å². The first-order chi connectivity index (χ1) is 10.6. The number of Topliss-reactive ketones (excluding diaryl/α,β-unsaturated/α-hetero) is 1. The van der Waals surface area contributed by atoms with Gasteiger partial charge in [0.15, 0.2) is 5.78 Å². The second kappa shape index (κ2) is 6.02. The number of amides is 1. The Bertz CT molecular complexity index is 659. The van der Waals surface area contributed by atoms with Crippen LogP contribution in [0.2, 0.25) is 0 Å². The van der Waals surface area contributed by atoms with Crippen molar-refractivity contribution in [1.82, 2.24) is 4.90 Å². The molecule has 124 valence electrons. The number of likely N-dealkylation sites (tertiary alicyclic amines) is 1. The van der Waals surface area contributed by atoms with Crippen molar-refractivity contribution in [1.29, 1.82) is 0 Å². The second-order valence-electron chi connectivity index (χ2n) is 6.84. The summed E-state index contributed by atoms with van der Waals surface area (Å²) in [5.41, 5.74) is 0.694. The number of carbonyl (C=O) groups is 3. The van der Waals surface area contributed by atoms with E-state index in [1.54, 1.807) is 6.07 Å². The summed E-state index contributed by atoms with van der Waals surface area (Å²) in [6.07, 6.45) is 0.0485.